The summed E-state index contributed by atoms with van der Waals surface area (Å²) in [6.07, 6.45) is 3.19. The fraction of sp³-hybridized carbons (Fsp3) is 0.312. The molecule has 10 heteroatoms. The molecular weight excluding hydrogens is 376 g/mol. The smallest absolute Gasteiger partial charge is 0.272 e. The second kappa shape index (κ2) is 7.52. The molecular formula is C16H18N4O4S2. The summed E-state index contributed by atoms with van der Waals surface area (Å²) >= 11 is 1.51. The maximum atomic E-state index is 12.6. The lowest BCUT2D eigenvalue weighted by molar-refractivity contribution is -0.384. The van der Waals surface area contributed by atoms with Crippen LogP contribution in [0.15, 0.2) is 39.6 Å². The zero-order valence-electron chi connectivity index (χ0n) is 14.1. The van der Waals surface area contributed by atoms with Crippen molar-refractivity contribution in [3.63, 3.8) is 0 Å². The Hall–Kier alpha value is -2.30. The summed E-state index contributed by atoms with van der Waals surface area (Å²) in [5.74, 6) is 0. The number of nitro benzene ring substituents is 1. The number of nitrogens with zero attached hydrogens (tertiary/aromatic N) is 3. The third-order valence-electron chi connectivity index (χ3n) is 4.14. The standard InChI is InChI=1S/C16H18N4O4S2/c1-12-6-9-25-16(12)11-17-18-14-5-4-13(10-15(14)20(21)22)26(23,24)19-7-2-3-8-19/h4-6,9-11,18H,2-3,7-8H2,1H3. The van der Waals surface area contributed by atoms with E-state index in [9.17, 15) is 18.5 Å². The van der Waals surface area contributed by atoms with Gasteiger partial charge in [0.1, 0.15) is 5.69 Å². The van der Waals surface area contributed by atoms with E-state index in [1.807, 2.05) is 18.4 Å². The molecule has 138 valence electrons. The molecule has 0 bridgehead atoms. The number of hydrazone groups is 1. The van der Waals surface area contributed by atoms with Crippen molar-refractivity contribution in [3.05, 3.63) is 50.2 Å². The van der Waals surface area contributed by atoms with Gasteiger partial charge in [0.2, 0.25) is 10.0 Å². The molecule has 26 heavy (non-hydrogen) atoms. The summed E-state index contributed by atoms with van der Waals surface area (Å²) in [7, 11) is -3.71. The molecule has 0 spiro atoms. The highest BCUT2D eigenvalue weighted by Crippen LogP contribution is 2.30. The van der Waals surface area contributed by atoms with Crippen LogP contribution in [0.25, 0.3) is 0 Å². The van der Waals surface area contributed by atoms with Crippen LogP contribution in [0.3, 0.4) is 0 Å². The highest BCUT2D eigenvalue weighted by Gasteiger charge is 2.29. The molecule has 1 aliphatic heterocycles. The van der Waals surface area contributed by atoms with Crippen molar-refractivity contribution in [2.24, 2.45) is 5.10 Å². The number of nitrogens with one attached hydrogen (secondary N) is 1. The number of nitro groups is 1. The van der Waals surface area contributed by atoms with E-state index in [1.54, 1.807) is 6.21 Å². The van der Waals surface area contributed by atoms with E-state index in [-0.39, 0.29) is 16.3 Å². The number of rotatable bonds is 6. The summed E-state index contributed by atoms with van der Waals surface area (Å²) in [5, 5.41) is 17.3. The topological polar surface area (TPSA) is 105 Å². The lowest BCUT2D eigenvalue weighted by atomic mass is 10.3. The number of hydrogen-bond donors (Lipinski definition) is 1. The van der Waals surface area contributed by atoms with Gasteiger partial charge < -0.3 is 0 Å². The largest absolute Gasteiger partial charge is 0.295 e. The van der Waals surface area contributed by atoms with E-state index in [4.69, 9.17) is 0 Å². The van der Waals surface area contributed by atoms with Gasteiger partial charge in [-0.1, -0.05) is 0 Å². The van der Waals surface area contributed by atoms with Crippen LogP contribution in [0, 0.1) is 17.0 Å². The molecule has 1 fully saturated rings. The quantitative estimate of drug-likeness (QED) is 0.460. The van der Waals surface area contributed by atoms with Crippen molar-refractivity contribution in [1.29, 1.82) is 0 Å². The third kappa shape index (κ3) is 3.76. The number of aryl methyl sites for hydroxylation is 1. The molecule has 8 nitrogen and oxygen atoms in total. The normalized spacial score (nSPS) is 15.6. The summed E-state index contributed by atoms with van der Waals surface area (Å²) < 4.78 is 26.5. The fourth-order valence-electron chi connectivity index (χ4n) is 2.67. The molecule has 2 aromatic rings. The van der Waals surface area contributed by atoms with Crippen LogP contribution >= 0.6 is 11.3 Å². The average Bonchev–Trinajstić information content (AvgIpc) is 3.27. The van der Waals surface area contributed by atoms with Crippen LogP contribution in [0.1, 0.15) is 23.3 Å². The molecule has 1 saturated heterocycles. The van der Waals surface area contributed by atoms with Crippen LogP contribution in [0.4, 0.5) is 11.4 Å². The number of anilines is 1. The Bertz CT molecular complexity index is 947. The number of thiophene rings is 1. The minimum absolute atomic E-state index is 0.0743. The molecule has 2 heterocycles. The van der Waals surface area contributed by atoms with Gasteiger partial charge in [0.15, 0.2) is 0 Å². The Balaban J connectivity index is 1.86. The van der Waals surface area contributed by atoms with E-state index in [0.29, 0.717) is 13.1 Å². The lowest BCUT2D eigenvalue weighted by Gasteiger charge is -2.15. The molecule has 1 aromatic heterocycles. The van der Waals surface area contributed by atoms with Gasteiger partial charge in [-0.15, -0.1) is 11.3 Å². The molecule has 1 aromatic carbocycles. The Kier molecular flexibility index (Phi) is 5.35. The second-order valence-corrected chi connectivity index (χ2v) is 8.77. The molecule has 0 atom stereocenters. The third-order valence-corrected chi connectivity index (χ3v) is 6.99. The van der Waals surface area contributed by atoms with Gasteiger partial charge in [0.25, 0.3) is 5.69 Å². The van der Waals surface area contributed by atoms with Crippen molar-refractivity contribution >= 4 is 38.9 Å². The van der Waals surface area contributed by atoms with Crippen molar-refractivity contribution in [2.75, 3.05) is 18.5 Å². The van der Waals surface area contributed by atoms with Crippen LogP contribution in [0.2, 0.25) is 0 Å². The first-order valence-electron chi connectivity index (χ1n) is 8.01. The molecule has 0 amide bonds. The molecule has 3 rings (SSSR count). The van der Waals surface area contributed by atoms with Crippen molar-refractivity contribution < 1.29 is 13.3 Å². The Labute approximate surface area is 155 Å². The van der Waals surface area contributed by atoms with Crippen molar-refractivity contribution in [3.8, 4) is 0 Å². The molecule has 0 radical (unpaired) electrons. The Morgan fingerprint density at radius 3 is 2.65 bits per heavy atom. The monoisotopic (exact) mass is 394 g/mol. The number of sulfonamides is 1. The molecule has 0 unspecified atom stereocenters. The molecule has 1 aliphatic rings. The summed E-state index contributed by atoms with van der Waals surface area (Å²) in [6.45, 7) is 2.83. The van der Waals surface area contributed by atoms with E-state index in [0.717, 1.165) is 29.3 Å². The maximum absolute atomic E-state index is 12.6. The summed E-state index contributed by atoms with van der Waals surface area (Å²) in [4.78, 5) is 11.6. The van der Waals surface area contributed by atoms with Crippen molar-refractivity contribution in [1.82, 2.24) is 4.31 Å². The zero-order chi connectivity index (χ0) is 18.7. The highest BCUT2D eigenvalue weighted by molar-refractivity contribution is 7.89. The van der Waals surface area contributed by atoms with Crippen LogP contribution in [-0.2, 0) is 10.0 Å². The van der Waals surface area contributed by atoms with Gasteiger partial charge in [0, 0.05) is 24.0 Å². The van der Waals surface area contributed by atoms with Crippen LogP contribution in [-0.4, -0.2) is 37.0 Å². The Morgan fingerprint density at radius 2 is 2.04 bits per heavy atom. The second-order valence-electron chi connectivity index (χ2n) is 5.89. The van der Waals surface area contributed by atoms with Gasteiger partial charge in [-0.2, -0.15) is 9.41 Å². The van der Waals surface area contributed by atoms with Gasteiger partial charge in [-0.25, -0.2) is 8.42 Å². The maximum Gasteiger partial charge on any atom is 0.295 e. The minimum Gasteiger partial charge on any atom is -0.272 e. The van der Waals surface area contributed by atoms with Crippen LogP contribution in [0.5, 0.6) is 0 Å². The first-order chi connectivity index (χ1) is 12.4. The lowest BCUT2D eigenvalue weighted by Crippen LogP contribution is -2.27. The molecule has 0 aliphatic carbocycles. The number of hydrogen-bond acceptors (Lipinski definition) is 7. The predicted molar refractivity (Wildman–Crippen MR) is 101 cm³/mol. The first kappa shape index (κ1) is 18.5. The van der Waals surface area contributed by atoms with Gasteiger partial charge in [0.05, 0.1) is 16.0 Å². The first-order valence-corrected chi connectivity index (χ1v) is 10.3. The van der Waals surface area contributed by atoms with E-state index in [2.05, 4.69) is 10.5 Å². The zero-order valence-corrected chi connectivity index (χ0v) is 15.7. The predicted octanol–water partition coefficient (Wildman–Crippen LogP) is 3.20. The summed E-state index contributed by atoms with van der Waals surface area (Å²) in [5.41, 5.74) is 3.50. The summed E-state index contributed by atoms with van der Waals surface area (Å²) in [6, 6.07) is 5.78. The SMILES string of the molecule is Cc1ccsc1C=NNc1ccc(S(=O)(=O)N2CCCC2)cc1[N+](=O)[O-]. The van der Waals surface area contributed by atoms with Crippen molar-refractivity contribution in [2.45, 2.75) is 24.7 Å². The van der Waals surface area contributed by atoms with Gasteiger partial charge >= 0.3 is 0 Å². The Morgan fingerprint density at radius 1 is 1.31 bits per heavy atom. The van der Waals surface area contributed by atoms with Gasteiger partial charge in [-0.3, -0.25) is 15.5 Å². The minimum atomic E-state index is -3.71. The number of benzene rings is 1. The van der Waals surface area contributed by atoms with E-state index < -0.39 is 14.9 Å². The average molecular weight is 394 g/mol. The highest BCUT2D eigenvalue weighted by atomic mass is 32.2. The van der Waals surface area contributed by atoms with Gasteiger partial charge in [-0.05, 0) is 48.9 Å². The van der Waals surface area contributed by atoms with E-state index >= 15 is 0 Å². The molecule has 1 N–H and O–H groups in total. The molecule has 0 saturated carbocycles. The van der Waals surface area contributed by atoms with E-state index in [1.165, 1.54) is 27.8 Å². The van der Waals surface area contributed by atoms with Crippen LogP contribution < -0.4 is 5.43 Å². The fourth-order valence-corrected chi connectivity index (χ4v) is 5.00.